The number of hydrogen-bond acceptors (Lipinski definition) is 2. The van der Waals surface area contributed by atoms with Gasteiger partial charge >= 0.3 is 0 Å². The van der Waals surface area contributed by atoms with Crippen LogP contribution in [0.1, 0.15) is 30.7 Å². The van der Waals surface area contributed by atoms with Crippen molar-refractivity contribution in [1.29, 1.82) is 0 Å². The fourth-order valence-electron chi connectivity index (χ4n) is 3.01. The van der Waals surface area contributed by atoms with Gasteiger partial charge in [-0.1, -0.05) is 23.2 Å². The van der Waals surface area contributed by atoms with Gasteiger partial charge in [0.1, 0.15) is 0 Å². The highest BCUT2D eigenvalue weighted by atomic mass is 35.5. The van der Waals surface area contributed by atoms with Crippen LogP contribution in [0.4, 0.5) is 0 Å². The highest BCUT2D eigenvalue weighted by Gasteiger charge is 2.27. The molecule has 2 nitrogen and oxygen atoms in total. The fraction of sp³-hybridized carbons (Fsp3) is 0.600. The summed E-state index contributed by atoms with van der Waals surface area (Å²) in [5.41, 5.74) is 1.10. The Bertz CT molecular complexity index is 417. The summed E-state index contributed by atoms with van der Waals surface area (Å²) in [5.74, 6) is 0.893. The molecule has 1 aliphatic rings. The Hall–Kier alpha value is -0.280. The molecule has 1 saturated heterocycles. The summed E-state index contributed by atoms with van der Waals surface area (Å²) < 4.78 is 0. The maximum Gasteiger partial charge on any atom is 0.0441 e. The molecule has 1 atom stereocenters. The van der Waals surface area contributed by atoms with Crippen LogP contribution in [0.15, 0.2) is 18.2 Å². The van der Waals surface area contributed by atoms with Gasteiger partial charge in [0.05, 0.1) is 0 Å². The summed E-state index contributed by atoms with van der Waals surface area (Å²) in [6.07, 6.45) is 3.07. The third-order valence-corrected chi connectivity index (χ3v) is 4.71. The summed E-state index contributed by atoms with van der Waals surface area (Å²) in [5, 5.41) is 10.8. The van der Waals surface area contributed by atoms with Crippen molar-refractivity contribution in [1.82, 2.24) is 4.90 Å². The molecule has 1 aromatic carbocycles. The topological polar surface area (TPSA) is 23.5 Å². The van der Waals surface area contributed by atoms with Gasteiger partial charge in [0, 0.05) is 16.7 Å². The number of benzene rings is 1. The Balaban J connectivity index is 2.21. The zero-order valence-electron chi connectivity index (χ0n) is 11.3. The Morgan fingerprint density at radius 3 is 2.63 bits per heavy atom. The van der Waals surface area contributed by atoms with E-state index in [2.05, 4.69) is 11.9 Å². The normalized spacial score (nSPS) is 19.6. The summed E-state index contributed by atoms with van der Waals surface area (Å²) >= 11 is 12.4. The van der Waals surface area contributed by atoms with E-state index in [1.807, 2.05) is 18.2 Å². The molecule has 1 aromatic rings. The molecule has 0 unspecified atom stereocenters. The van der Waals surface area contributed by atoms with Crippen LogP contribution in [0.2, 0.25) is 10.0 Å². The first-order valence-electron chi connectivity index (χ1n) is 6.86. The van der Waals surface area contributed by atoms with E-state index < -0.39 is 0 Å². The van der Waals surface area contributed by atoms with Gasteiger partial charge in [0.25, 0.3) is 0 Å². The minimum absolute atomic E-state index is 0.194. The van der Waals surface area contributed by atoms with E-state index in [0.29, 0.717) is 11.8 Å². The van der Waals surface area contributed by atoms with Crippen molar-refractivity contribution in [3.8, 4) is 0 Å². The SMILES string of the molecule is CN1CCC([C@@H](CCO)c2cc(Cl)ccc2Cl)CC1. The van der Waals surface area contributed by atoms with Gasteiger partial charge in [-0.2, -0.15) is 0 Å². The first-order chi connectivity index (χ1) is 9.11. The van der Waals surface area contributed by atoms with E-state index in [4.69, 9.17) is 23.2 Å². The van der Waals surface area contributed by atoms with Crippen LogP contribution in [0.3, 0.4) is 0 Å². The number of nitrogens with zero attached hydrogens (tertiary/aromatic N) is 1. The van der Waals surface area contributed by atoms with Crippen molar-refractivity contribution in [3.63, 3.8) is 0 Å². The maximum atomic E-state index is 9.35. The lowest BCUT2D eigenvalue weighted by molar-refractivity contribution is 0.178. The Morgan fingerprint density at radius 2 is 2.00 bits per heavy atom. The Kier molecular flexibility index (Phi) is 5.52. The third kappa shape index (κ3) is 3.85. The average molecular weight is 302 g/mol. The predicted octanol–water partition coefficient (Wildman–Crippen LogP) is 3.80. The average Bonchev–Trinajstić information content (AvgIpc) is 2.40. The molecule has 0 amide bonds. The van der Waals surface area contributed by atoms with Gasteiger partial charge in [-0.15, -0.1) is 0 Å². The van der Waals surface area contributed by atoms with Gasteiger partial charge in [-0.25, -0.2) is 0 Å². The molecule has 1 fully saturated rings. The van der Waals surface area contributed by atoms with Gasteiger partial charge in [0.2, 0.25) is 0 Å². The van der Waals surface area contributed by atoms with E-state index in [-0.39, 0.29) is 6.61 Å². The monoisotopic (exact) mass is 301 g/mol. The Morgan fingerprint density at radius 1 is 1.32 bits per heavy atom. The zero-order valence-corrected chi connectivity index (χ0v) is 12.8. The van der Waals surface area contributed by atoms with Crippen LogP contribution in [-0.4, -0.2) is 36.8 Å². The van der Waals surface area contributed by atoms with Crippen LogP contribution in [0, 0.1) is 5.92 Å². The summed E-state index contributed by atoms with van der Waals surface area (Å²) in [6.45, 7) is 2.43. The minimum Gasteiger partial charge on any atom is -0.396 e. The van der Waals surface area contributed by atoms with Crippen molar-refractivity contribution in [2.24, 2.45) is 5.92 Å². The van der Waals surface area contributed by atoms with Gasteiger partial charge in [-0.3, -0.25) is 0 Å². The number of likely N-dealkylation sites (tertiary alicyclic amines) is 1. The molecule has 2 rings (SSSR count). The minimum atomic E-state index is 0.194. The summed E-state index contributed by atoms with van der Waals surface area (Å²) in [7, 11) is 2.16. The smallest absolute Gasteiger partial charge is 0.0441 e. The first-order valence-corrected chi connectivity index (χ1v) is 7.61. The molecule has 0 radical (unpaired) electrons. The van der Waals surface area contributed by atoms with Gasteiger partial charge in [-0.05, 0) is 75.0 Å². The predicted molar refractivity (Wildman–Crippen MR) is 81.1 cm³/mol. The van der Waals surface area contributed by atoms with E-state index in [0.717, 1.165) is 48.0 Å². The molecular formula is C15H21Cl2NO. The number of rotatable bonds is 4. The maximum absolute atomic E-state index is 9.35. The fourth-order valence-corrected chi connectivity index (χ4v) is 3.45. The molecule has 4 heteroatoms. The van der Waals surface area contributed by atoms with Crippen LogP contribution < -0.4 is 0 Å². The van der Waals surface area contributed by atoms with E-state index in [1.165, 1.54) is 0 Å². The molecule has 19 heavy (non-hydrogen) atoms. The van der Waals surface area contributed by atoms with Gasteiger partial charge in [0.15, 0.2) is 0 Å². The standard InChI is InChI=1S/C15H21Cl2NO/c1-18-7-4-11(5-8-18)13(6-9-19)14-10-12(16)2-3-15(14)17/h2-3,10-11,13,19H,4-9H2,1H3/t13-/m1/s1. The van der Waals surface area contributed by atoms with Crippen LogP contribution in [-0.2, 0) is 0 Å². The van der Waals surface area contributed by atoms with Crippen molar-refractivity contribution in [2.45, 2.75) is 25.2 Å². The molecule has 0 spiro atoms. The van der Waals surface area contributed by atoms with Crippen molar-refractivity contribution < 1.29 is 5.11 Å². The van der Waals surface area contributed by atoms with Crippen molar-refractivity contribution in [2.75, 3.05) is 26.7 Å². The van der Waals surface area contributed by atoms with E-state index in [1.54, 1.807) is 0 Å². The molecular weight excluding hydrogens is 281 g/mol. The highest BCUT2D eigenvalue weighted by Crippen LogP contribution is 2.39. The number of aliphatic hydroxyl groups excluding tert-OH is 1. The third-order valence-electron chi connectivity index (χ3n) is 4.13. The second-order valence-electron chi connectivity index (χ2n) is 5.43. The van der Waals surface area contributed by atoms with Crippen molar-refractivity contribution >= 4 is 23.2 Å². The van der Waals surface area contributed by atoms with Crippen molar-refractivity contribution in [3.05, 3.63) is 33.8 Å². The molecule has 0 bridgehead atoms. The van der Waals surface area contributed by atoms with Crippen LogP contribution >= 0.6 is 23.2 Å². The van der Waals surface area contributed by atoms with E-state index >= 15 is 0 Å². The molecule has 1 heterocycles. The second-order valence-corrected chi connectivity index (χ2v) is 6.27. The summed E-state index contributed by atoms with van der Waals surface area (Å²) in [6, 6.07) is 5.64. The molecule has 106 valence electrons. The number of halogens is 2. The molecule has 0 aromatic heterocycles. The lowest BCUT2D eigenvalue weighted by atomic mass is 9.78. The number of piperidine rings is 1. The largest absolute Gasteiger partial charge is 0.396 e. The first kappa shape index (κ1) is 15.1. The lowest BCUT2D eigenvalue weighted by Crippen LogP contribution is -2.33. The highest BCUT2D eigenvalue weighted by molar-refractivity contribution is 6.33. The quantitative estimate of drug-likeness (QED) is 0.914. The zero-order chi connectivity index (χ0) is 13.8. The number of aliphatic hydroxyl groups is 1. The molecule has 0 aliphatic carbocycles. The summed E-state index contributed by atoms with van der Waals surface area (Å²) in [4.78, 5) is 2.35. The lowest BCUT2D eigenvalue weighted by Gasteiger charge is -2.35. The molecule has 1 N–H and O–H groups in total. The molecule has 1 aliphatic heterocycles. The Labute approximate surface area is 125 Å². The van der Waals surface area contributed by atoms with Crippen LogP contribution in [0.25, 0.3) is 0 Å². The second kappa shape index (κ2) is 6.94. The van der Waals surface area contributed by atoms with Crippen LogP contribution in [0.5, 0.6) is 0 Å². The molecule has 0 saturated carbocycles. The van der Waals surface area contributed by atoms with Gasteiger partial charge < -0.3 is 10.0 Å². The van der Waals surface area contributed by atoms with E-state index in [9.17, 15) is 5.11 Å². The number of hydrogen-bond donors (Lipinski definition) is 1.